The lowest BCUT2D eigenvalue weighted by Gasteiger charge is -2.06. The molecule has 0 radical (unpaired) electrons. The maximum absolute atomic E-state index is 9.23. The number of benzene rings is 1. The fraction of sp³-hybridized carbons (Fsp3) is 0.250. The number of thiazole rings is 1. The van der Waals surface area contributed by atoms with E-state index < -0.39 is 6.10 Å². The third kappa shape index (κ3) is 3.20. The minimum absolute atomic E-state index is 0.268. The van der Waals surface area contributed by atoms with Crippen molar-refractivity contribution in [3.8, 4) is 11.3 Å². The van der Waals surface area contributed by atoms with Crippen LogP contribution < -0.4 is 5.32 Å². The van der Waals surface area contributed by atoms with E-state index in [0.29, 0.717) is 10.2 Å². The summed E-state index contributed by atoms with van der Waals surface area (Å²) in [5.74, 6) is 0. The molecule has 6 heteroatoms. The van der Waals surface area contributed by atoms with Crippen LogP contribution in [0.15, 0.2) is 29.6 Å². The molecule has 1 aromatic heterocycles. The number of anilines is 1. The van der Waals surface area contributed by atoms with Crippen molar-refractivity contribution in [2.24, 2.45) is 0 Å². The summed E-state index contributed by atoms with van der Waals surface area (Å²) in [6, 6.07) is 7.50. The summed E-state index contributed by atoms with van der Waals surface area (Å²) in [5.41, 5.74) is 1.68. The second kappa shape index (κ2) is 6.15. The van der Waals surface area contributed by atoms with E-state index in [1.54, 1.807) is 0 Å². The average molecular weight is 285 g/mol. The maximum atomic E-state index is 9.23. The van der Waals surface area contributed by atoms with Gasteiger partial charge in [-0.25, -0.2) is 4.98 Å². The number of aliphatic hydroxyl groups excluding tert-OH is 2. The number of hydrogen-bond acceptors (Lipinski definition) is 5. The van der Waals surface area contributed by atoms with E-state index >= 15 is 0 Å². The Labute approximate surface area is 114 Å². The fourth-order valence-electron chi connectivity index (χ4n) is 1.42. The molecule has 0 spiro atoms. The predicted molar refractivity (Wildman–Crippen MR) is 74.1 cm³/mol. The zero-order valence-electron chi connectivity index (χ0n) is 9.51. The van der Waals surface area contributed by atoms with Crippen molar-refractivity contribution in [2.75, 3.05) is 18.5 Å². The van der Waals surface area contributed by atoms with Gasteiger partial charge in [-0.3, -0.25) is 0 Å². The van der Waals surface area contributed by atoms with Crippen molar-refractivity contribution >= 4 is 28.1 Å². The van der Waals surface area contributed by atoms with Crippen LogP contribution in [0.2, 0.25) is 5.02 Å². The first-order valence-corrected chi connectivity index (χ1v) is 6.69. The standard InChI is InChI=1S/C12H13ClN2O2S/c13-10-4-2-1-3-9(10)11-7-18-12(15-11)14-5-8(17)6-16/h1-4,7-8,16-17H,5-6H2,(H,14,15)/t8-/m0/s1. The molecule has 2 rings (SSSR count). The van der Waals surface area contributed by atoms with Crippen LogP contribution in [0.3, 0.4) is 0 Å². The lowest BCUT2D eigenvalue weighted by Crippen LogP contribution is -2.22. The van der Waals surface area contributed by atoms with Crippen molar-refractivity contribution in [3.05, 3.63) is 34.7 Å². The highest BCUT2D eigenvalue weighted by molar-refractivity contribution is 7.14. The first-order chi connectivity index (χ1) is 8.70. The second-order valence-electron chi connectivity index (χ2n) is 3.74. The van der Waals surface area contributed by atoms with E-state index in [0.717, 1.165) is 11.3 Å². The van der Waals surface area contributed by atoms with Gasteiger partial charge >= 0.3 is 0 Å². The summed E-state index contributed by atoms with van der Waals surface area (Å²) in [4.78, 5) is 4.38. The Bertz CT molecular complexity index is 518. The highest BCUT2D eigenvalue weighted by atomic mass is 35.5. The number of nitrogens with zero attached hydrogens (tertiary/aromatic N) is 1. The van der Waals surface area contributed by atoms with Gasteiger partial charge in [0.15, 0.2) is 5.13 Å². The van der Waals surface area contributed by atoms with E-state index in [9.17, 15) is 5.11 Å². The lowest BCUT2D eigenvalue weighted by atomic mass is 10.2. The third-order valence-corrected chi connectivity index (χ3v) is 3.48. The number of halogens is 1. The molecule has 0 unspecified atom stereocenters. The zero-order valence-corrected chi connectivity index (χ0v) is 11.1. The first-order valence-electron chi connectivity index (χ1n) is 5.44. The van der Waals surface area contributed by atoms with Crippen LogP contribution in [-0.2, 0) is 0 Å². The third-order valence-electron chi connectivity index (χ3n) is 2.35. The van der Waals surface area contributed by atoms with E-state index in [1.165, 1.54) is 11.3 Å². The van der Waals surface area contributed by atoms with Crippen molar-refractivity contribution in [1.82, 2.24) is 4.98 Å². The molecule has 0 aliphatic carbocycles. The molecule has 0 fully saturated rings. The Morgan fingerprint density at radius 1 is 1.39 bits per heavy atom. The SMILES string of the molecule is OC[C@@H](O)CNc1nc(-c2ccccc2Cl)cs1. The van der Waals surface area contributed by atoms with Crippen molar-refractivity contribution < 1.29 is 10.2 Å². The molecule has 2 aromatic rings. The van der Waals surface area contributed by atoms with Gasteiger partial charge in [-0.1, -0.05) is 29.8 Å². The van der Waals surface area contributed by atoms with Gasteiger partial charge in [0.25, 0.3) is 0 Å². The molecule has 0 saturated heterocycles. The second-order valence-corrected chi connectivity index (χ2v) is 5.00. The Kier molecular flexibility index (Phi) is 4.54. The average Bonchev–Trinajstić information content (AvgIpc) is 2.85. The molecule has 1 atom stereocenters. The Hall–Kier alpha value is -1.14. The molecule has 1 aromatic carbocycles. The predicted octanol–water partition coefficient (Wildman–Crippen LogP) is 2.23. The van der Waals surface area contributed by atoms with E-state index in [-0.39, 0.29) is 13.2 Å². The molecular weight excluding hydrogens is 272 g/mol. The highest BCUT2D eigenvalue weighted by Crippen LogP contribution is 2.30. The Morgan fingerprint density at radius 2 is 2.17 bits per heavy atom. The minimum atomic E-state index is -0.780. The van der Waals surface area contributed by atoms with Crippen LogP contribution in [0.4, 0.5) is 5.13 Å². The van der Waals surface area contributed by atoms with Crippen LogP contribution in [-0.4, -0.2) is 34.5 Å². The summed E-state index contributed by atoms with van der Waals surface area (Å²) in [6.45, 7) is 0.00171. The topological polar surface area (TPSA) is 65.4 Å². The molecule has 0 aliphatic heterocycles. The van der Waals surface area contributed by atoms with Crippen LogP contribution >= 0.6 is 22.9 Å². The molecule has 0 saturated carbocycles. The van der Waals surface area contributed by atoms with E-state index in [4.69, 9.17) is 16.7 Å². The highest BCUT2D eigenvalue weighted by Gasteiger charge is 2.08. The molecule has 0 aliphatic rings. The van der Waals surface area contributed by atoms with Crippen LogP contribution in [0.1, 0.15) is 0 Å². The normalized spacial score (nSPS) is 12.4. The number of nitrogens with one attached hydrogen (secondary N) is 1. The molecule has 18 heavy (non-hydrogen) atoms. The van der Waals surface area contributed by atoms with Crippen molar-refractivity contribution in [2.45, 2.75) is 6.10 Å². The van der Waals surface area contributed by atoms with Gasteiger partial charge in [-0.2, -0.15) is 0 Å². The number of rotatable bonds is 5. The summed E-state index contributed by atoms with van der Waals surface area (Å²) in [5, 5.41) is 24.1. The molecule has 0 amide bonds. The quantitative estimate of drug-likeness (QED) is 0.788. The van der Waals surface area contributed by atoms with Gasteiger partial charge in [0, 0.05) is 22.5 Å². The zero-order chi connectivity index (χ0) is 13.0. The number of aliphatic hydroxyl groups is 2. The summed E-state index contributed by atoms with van der Waals surface area (Å²) >= 11 is 7.52. The maximum Gasteiger partial charge on any atom is 0.183 e. The number of aromatic nitrogens is 1. The number of hydrogen-bond donors (Lipinski definition) is 3. The summed E-state index contributed by atoms with van der Waals surface area (Å²) in [6.07, 6.45) is -0.780. The van der Waals surface area contributed by atoms with Crippen LogP contribution in [0.5, 0.6) is 0 Å². The van der Waals surface area contributed by atoms with Gasteiger partial charge in [0.2, 0.25) is 0 Å². The van der Waals surface area contributed by atoms with Gasteiger partial charge in [-0.15, -0.1) is 11.3 Å². The summed E-state index contributed by atoms with van der Waals surface area (Å²) < 4.78 is 0. The fourth-order valence-corrected chi connectivity index (χ4v) is 2.37. The monoisotopic (exact) mass is 284 g/mol. The molecule has 4 nitrogen and oxygen atoms in total. The van der Waals surface area contributed by atoms with E-state index in [2.05, 4.69) is 10.3 Å². The van der Waals surface area contributed by atoms with Gasteiger partial charge < -0.3 is 15.5 Å². The lowest BCUT2D eigenvalue weighted by molar-refractivity contribution is 0.105. The first kappa shape index (κ1) is 13.3. The van der Waals surface area contributed by atoms with Crippen molar-refractivity contribution in [3.63, 3.8) is 0 Å². The molecule has 96 valence electrons. The minimum Gasteiger partial charge on any atom is -0.394 e. The smallest absolute Gasteiger partial charge is 0.183 e. The molecule has 1 heterocycles. The van der Waals surface area contributed by atoms with Gasteiger partial charge in [0.1, 0.15) is 0 Å². The molecular formula is C12H13ClN2O2S. The van der Waals surface area contributed by atoms with Crippen LogP contribution in [0.25, 0.3) is 11.3 Å². The molecule has 3 N–H and O–H groups in total. The van der Waals surface area contributed by atoms with Gasteiger partial charge in [-0.05, 0) is 6.07 Å². The Balaban J connectivity index is 2.09. The largest absolute Gasteiger partial charge is 0.394 e. The van der Waals surface area contributed by atoms with E-state index in [1.807, 2.05) is 29.6 Å². The summed E-state index contributed by atoms with van der Waals surface area (Å²) in [7, 11) is 0. The molecule has 0 bridgehead atoms. The van der Waals surface area contributed by atoms with Crippen molar-refractivity contribution in [1.29, 1.82) is 0 Å². The van der Waals surface area contributed by atoms with Gasteiger partial charge in [0.05, 0.1) is 18.4 Å². The Morgan fingerprint density at radius 3 is 2.89 bits per heavy atom. The van der Waals surface area contributed by atoms with Crippen LogP contribution in [0, 0.1) is 0 Å².